The topological polar surface area (TPSA) is 85.2 Å². The van der Waals surface area contributed by atoms with Gasteiger partial charge in [0.1, 0.15) is 5.75 Å². The summed E-state index contributed by atoms with van der Waals surface area (Å²) >= 11 is 0. The zero-order valence-corrected chi connectivity index (χ0v) is 14.4. The van der Waals surface area contributed by atoms with Gasteiger partial charge in [-0.3, -0.25) is 9.59 Å². The number of fused-ring (bicyclic) bond motifs is 3. The number of ether oxygens (including phenoxy) is 1. The van der Waals surface area contributed by atoms with Gasteiger partial charge in [0.2, 0.25) is 5.95 Å². The lowest BCUT2D eigenvalue weighted by Gasteiger charge is -2.30. The minimum absolute atomic E-state index is 0.0908. The van der Waals surface area contributed by atoms with Gasteiger partial charge in [0.25, 0.3) is 17.5 Å². The highest BCUT2D eigenvalue weighted by Gasteiger charge is 2.66. The number of hydrogen-bond acceptors (Lipinski definition) is 5. The molecule has 0 spiro atoms. The number of aromatic nitrogens is 2. The fourth-order valence-corrected chi connectivity index (χ4v) is 3.06. The monoisotopic (exact) mass is 390 g/mol. The van der Waals surface area contributed by atoms with E-state index in [0.29, 0.717) is 11.3 Å². The van der Waals surface area contributed by atoms with Gasteiger partial charge in [0, 0.05) is 5.56 Å². The van der Waals surface area contributed by atoms with Crippen LogP contribution in [-0.2, 0) is 0 Å². The minimum atomic E-state index is -5.12. The highest BCUT2D eigenvalue weighted by molar-refractivity contribution is 6.08. The zero-order valence-electron chi connectivity index (χ0n) is 14.4. The molecule has 0 saturated heterocycles. The molecule has 2 N–H and O–H groups in total. The molecule has 0 radical (unpaired) electrons. The third kappa shape index (κ3) is 2.48. The van der Waals surface area contributed by atoms with Gasteiger partial charge in [-0.1, -0.05) is 18.2 Å². The molecule has 0 bridgehead atoms. The van der Waals surface area contributed by atoms with E-state index < -0.39 is 23.7 Å². The molecule has 0 aliphatic carbocycles. The number of benzene rings is 2. The van der Waals surface area contributed by atoms with Crippen LogP contribution in [0.3, 0.4) is 0 Å². The summed E-state index contributed by atoms with van der Waals surface area (Å²) in [6.07, 6.45) is -5.12. The van der Waals surface area contributed by atoms with Crippen molar-refractivity contribution < 1.29 is 27.5 Å². The van der Waals surface area contributed by atoms with E-state index in [4.69, 9.17) is 4.74 Å². The first-order chi connectivity index (χ1) is 13.3. The fraction of sp³-hybridized carbons (Fsp3) is 0.167. The van der Waals surface area contributed by atoms with Gasteiger partial charge in [0.15, 0.2) is 0 Å². The van der Waals surface area contributed by atoms with Crippen LogP contribution in [0.25, 0.3) is 11.0 Å². The number of amides is 1. The van der Waals surface area contributed by atoms with Crippen LogP contribution in [0.1, 0.15) is 15.2 Å². The fourth-order valence-electron chi connectivity index (χ4n) is 3.06. The number of nitrogens with zero attached hydrogens (tertiary/aromatic N) is 2. The largest absolute Gasteiger partial charge is 0.497 e. The molecule has 0 saturated carbocycles. The Bertz CT molecular complexity index is 1110. The number of hydrogen-bond donors (Lipinski definition) is 2. The number of carbonyl (C=O) groups excluding carboxylic acids is 2. The average molecular weight is 390 g/mol. The summed E-state index contributed by atoms with van der Waals surface area (Å²) in [5.74, 6) is -2.49. The summed E-state index contributed by atoms with van der Waals surface area (Å²) in [5, 5.41) is 3.88. The number of rotatable bonds is 3. The Labute approximate surface area is 156 Å². The minimum Gasteiger partial charge on any atom is -0.497 e. The summed E-state index contributed by atoms with van der Waals surface area (Å²) in [6, 6.07) is 11.8. The maximum atomic E-state index is 14.0. The molecule has 10 heteroatoms. The first-order valence-corrected chi connectivity index (χ1v) is 8.10. The Morgan fingerprint density at radius 3 is 2.68 bits per heavy atom. The lowest BCUT2D eigenvalue weighted by Crippen LogP contribution is -2.67. The number of anilines is 1. The zero-order chi connectivity index (χ0) is 20.1. The van der Waals surface area contributed by atoms with Crippen LogP contribution in [0.5, 0.6) is 5.75 Å². The summed E-state index contributed by atoms with van der Waals surface area (Å²) in [7, 11) is 1.36. The molecule has 1 atom stereocenters. The summed E-state index contributed by atoms with van der Waals surface area (Å²) in [5.41, 5.74) is -2.86. The van der Waals surface area contributed by atoms with Crippen LogP contribution < -0.4 is 15.4 Å². The lowest BCUT2D eigenvalue weighted by molar-refractivity contribution is -0.169. The molecule has 2 aromatic carbocycles. The van der Waals surface area contributed by atoms with E-state index >= 15 is 0 Å². The van der Waals surface area contributed by atoms with Crippen LogP contribution in [0.15, 0.2) is 48.5 Å². The molecule has 0 fully saturated rings. The number of methoxy groups -OCH3 is 1. The molecule has 28 heavy (non-hydrogen) atoms. The van der Waals surface area contributed by atoms with Gasteiger partial charge in [-0.15, -0.1) is 0 Å². The second-order valence-electron chi connectivity index (χ2n) is 6.12. The van der Waals surface area contributed by atoms with Gasteiger partial charge in [0.05, 0.1) is 18.1 Å². The molecule has 4 rings (SSSR count). The molecule has 2 heterocycles. The first kappa shape index (κ1) is 17.8. The molecule has 1 amide bonds. The van der Waals surface area contributed by atoms with E-state index in [1.54, 1.807) is 23.5 Å². The normalized spacial score (nSPS) is 18.6. The van der Waals surface area contributed by atoms with E-state index in [1.807, 2.05) is 0 Å². The first-order valence-electron chi connectivity index (χ1n) is 8.10. The average Bonchev–Trinajstić information content (AvgIpc) is 3.16. The quantitative estimate of drug-likeness (QED) is 0.719. The van der Waals surface area contributed by atoms with Crippen LogP contribution in [0.4, 0.5) is 19.1 Å². The molecular formula is C18H13F3N4O3. The van der Waals surface area contributed by atoms with E-state index in [9.17, 15) is 22.8 Å². The van der Waals surface area contributed by atoms with Crippen molar-refractivity contribution in [1.82, 2.24) is 14.9 Å². The second-order valence-corrected chi connectivity index (χ2v) is 6.12. The molecular weight excluding hydrogens is 377 g/mol. The second kappa shape index (κ2) is 5.98. The third-order valence-electron chi connectivity index (χ3n) is 4.44. The standard InChI is InChI=1S/C18H13F3N4O3/c1-28-11-6-4-5-10(9-11)14(26)23-17(18(19,20)21)15(27)25-13-8-3-2-7-12(13)22-16(25)24-17/h2-9H,1H3,(H,22,24)(H,23,26)/t17-/m0/s1. The van der Waals surface area contributed by atoms with Gasteiger partial charge in [-0.25, -0.2) is 9.55 Å². The number of para-hydroxylation sites is 2. The van der Waals surface area contributed by atoms with Crippen LogP contribution in [-0.4, -0.2) is 40.3 Å². The Morgan fingerprint density at radius 1 is 1.21 bits per heavy atom. The van der Waals surface area contributed by atoms with Gasteiger partial charge in [-0.05, 0) is 30.3 Å². The number of alkyl halides is 3. The Morgan fingerprint density at radius 2 is 1.96 bits per heavy atom. The molecule has 0 unspecified atom stereocenters. The smallest absolute Gasteiger partial charge is 0.440 e. The summed E-state index contributed by atoms with van der Waals surface area (Å²) in [6.45, 7) is 0. The van der Waals surface area contributed by atoms with Crippen LogP contribution >= 0.6 is 0 Å². The SMILES string of the molecule is COc1cccc(C(=O)N[C@]2(C(F)(F)F)Nc3nc4ccccc4n3C2=O)c1. The van der Waals surface area contributed by atoms with E-state index in [1.165, 1.54) is 37.4 Å². The maximum Gasteiger partial charge on any atom is 0.440 e. The van der Waals surface area contributed by atoms with Crippen molar-refractivity contribution in [2.45, 2.75) is 11.8 Å². The molecule has 1 aromatic heterocycles. The van der Waals surface area contributed by atoms with Crippen molar-refractivity contribution in [2.24, 2.45) is 0 Å². The molecule has 3 aromatic rings. The predicted octanol–water partition coefficient (Wildman–Crippen LogP) is 2.80. The lowest BCUT2D eigenvalue weighted by atomic mass is 10.1. The van der Waals surface area contributed by atoms with Gasteiger partial charge >= 0.3 is 6.18 Å². The predicted molar refractivity (Wildman–Crippen MR) is 93.2 cm³/mol. The maximum absolute atomic E-state index is 14.0. The Balaban J connectivity index is 1.76. The van der Waals surface area contributed by atoms with Crippen molar-refractivity contribution in [2.75, 3.05) is 12.4 Å². The van der Waals surface area contributed by atoms with Gasteiger partial charge in [-0.2, -0.15) is 13.2 Å². The number of carbonyl (C=O) groups is 2. The molecule has 144 valence electrons. The van der Waals surface area contributed by atoms with E-state index in [-0.39, 0.29) is 17.0 Å². The van der Waals surface area contributed by atoms with Crippen molar-refractivity contribution in [1.29, 1.82) is 0 Å². The third-order valence-corrected chi connectivity index (χ3v) is 4.44. The van der Waals surface area contributed by atoms with E-state index in [2.05, 4.69) is 10.3 Å². The van der Waals surface area contributed by atoms with Crippen molar-refractivity contribution in [3.63, 3.8) is 0 Å². The molecule has 7 nitrogen and oxygen atoms in total. The number of imidazole rings is 1. The van der Waals surface area contributed by atoms with Crippen molar-refractivity contribution >= 4 is 28.8 Å². The molecule has 1 aliphatic heterocycles. The number of halogens is 3. The highest BCUT2D eigenvalue weighted by Crippen LogP contribution is 2.39. The van der Waals surface area contributed by atoms with Crippen LogP contribution in [0.2, 0.25) is 0 Å². The Kier molecular flexibility index (Phi) is 3.81. The van der Waals surface area contributed by atoms with Gasteiger partial charge < -0.3 is 15.4 Å². The number of nitrogens with one attached hydrogen (secondary N) is 2. The molecule has 1 aliphatic rings. The van der Waals surface area contributed by atoms with Crippen molar-refractivity contribution in [3.05, 3.63) is 54.1 Å². The van der Waals surface area contributed by atoms with Crippen molar-refractivity contribution in [3.8, 4) is 5.75 Å². The summed E-state index contributed by atoms with van der Waals surface area (Å²) in [4.78, 5) is 29.4. The van der Waals surface area contributed by atoms with E-state index in [0.717, 1.165) is 4.57 Å². The van der Waals surface area contributed by atoms with Crippen LogP contribution in [0, 0.1) is 0 Å². The highest BCUT2D eigenvalue weighted by atomic mass is 19.4. The Hall–Kier alpha value is -3.56. The summed E-state index contributed by atoms with van der Waals surface area (Å²) < 4.78 is 47.7.